The van der Waals surface area contributed by atoms with Gasteiger partial charge in [0.25, 0.3) is 0 Å². The molecule has 0 radical (unpaired) electrons. The quantitative estimate of drug-likeness (QED) is 0.831. The Labute approximate surface area is 108 Å². The first-order chi connectivity index (χ1) is 8.65. The van der Waals surface area contributed by atoms with Gasteiger partial charge in [0.1, 0.15) is 5.82 Å². The van der Waals surface area contributed by atoms with Crippen molar-refractivity contribution in [3.63, 3.8) is 0 Å². The number of benzene rings is 1. The first-order valence-electron chi connectivity index (χ1n) is 6.18. The maximum absolute atomic E-state index is 5.29. The summed E-state index contributed by atoms with van der Waals surface area (Å²) >= 11 is 0. The smallest absolute Gasteiger partial charge is 0.181 e. The number of methoxy groups -OCH3 is 1. The molecule has 1 aromatic heterocycles. The van der Waals surface area contributed by atoms with Crippen molar-refractivity contribution in [2.75, 3.05) is 7.11 Å². The van der Waals surface area contributed by atoms with Crippen LogP contribution in [0.25, 0.3) is 11.4 Å². The fraction of sp³-hybridized carbons (Fsp3) is 0.429. The van der Waals surface area contributed by atoms with E-state index in [9.17, 15) is 0 Å². The van der Waals surface area contributed by atoms with E-state index in [-0.39, 0.29) is 6.10 Å². The van der Waals surface area contributed by atoms with E-state index < -0.39 is 0 Å². The van der Waals surface area contributed by atoms with Gasteiger partial charge in [0, 0.05) is 26.1 Å². The topological polar surface area (TPSA) is 39.9 Å². The molecule has 0 saturated heterocycles. The number of aromatic nitrogens is 3. The zero-order valence-electron chi connectivity index (χ0n) is 11.3. The van der Waals surface area contributed by atoms with Gasteiger partial charge in [0.2, 0.25) is 0 Å². The summed E-state index contributed by atoms with van der Waals surface area (Å²) in [6.45, 7) is 4.11. The molecule has 0 N–H and O–H groups in total. The van der Waals surface area contributed by atoms with Crippen molar-refractivity contribution in [3.05, 3.63) is 35.7 Å². The van der Waals surface area contributed by atoms with E-state index in [1.807, 2.05) is 30.8 Å². The summed E-state index contributed by atoms with van der Waals surface area (Å²) < 4.78 is 7.12. The zero-order chi connectivity index (χ0) is 13.1. The lowest BCUT2D eigenvalue weighted by atomic mass is 10.1. The molecule has 1 heterocycles. The normalized spacial score (nSPS) is 12.7. The Morgan fingerprint density at radius 2 is 1.94 bits per heavy atom. The molecule has 2 aromatic rings. The van der Waals surface area contributed by atoms with Gasteiger partial charge < -0.3 is 4.74 Å². The third-order valence-electron chi connectivity index (χ3n) is 3.16. The second kappa shape index (κ2) is 5.31. The standard InChI is InChI=1S/C14H19N3O/c1-5-13-15-14(16-17(13)3)12-8-6-11(7-9-12)10(2)18-4/h6-10H,5H2,1-4H3. The first kappa shape index (κ1) is 12.8. The monoisotopic (exact) mass is 245 g/mol. The second-order valence-corrected chi connectivity index (χ2v) is 4.33. The summed E-state index contributed by atoms with van der Waals surface area (Å²) in [5.41, 5.74) is 2.20. The van der Waals surface area contributed by atoms with Gasteiger partial charge in [-0.3, -0.25) is 4.68 Å². The van der Waals surface area contributed by atoms with Gasteiger partial charge in [-0.2, -0.15) is 5.10 Å². The SMILES string of the molecule is CCc1nc(-c2ccc(C(C)OC)cc2)nn1C. The van der Waals surface area contributed by atoms with E-state index in [0.717, 1.165) is 29.2 Å². The van der Waals surface area contributed by atoms with Crippen LogP contribution < -0.4 is 0 Å². The van der Waals surface area contributed by atoms with Crippen LogP contribution in [0.5, 0.6) is 0 Å². The summed E-state index contributed by atoms with van der Waals surface area (Å²) in [6, 6.07) is 8.20. The highest BCUT2D eigenvalue weighted by molar-refractivity contribution is 5.55. The van der Waals surface area contributed by atoms with Crippen molar-refractivity contribution in [1.82, 2.24) is 14.8 Å². The molecule has 0 saturated carbocycles. The Bertz CT molecular complexity index is 516. The fourth-order valence-corrected chi connectivity index (χ4v) is 1.89. The van der Waals surface area contributed by atoms with E-state index in [1.54, 1.807) is 7.11 Å². The molecule has 0 aliphatic heterocycles. The average molecular weight is 245 g/mol. The molecule has 4 nitrogen and oxygen atoms in total. The van der Waals surface area contributed by atoms with Gasteiger partial charge in [-0.15, -0.1) is 0 Å². The van der Waals surface area contributed by atoms with E-state index in [0.29, 0.717) is 0 Å². The highest BCUT2D eigenvalue weighted by Gasteiger charge is 2.09. The van der Waals surface area contributed by atoms with Gasteiger partial charge in [-0.05, 0) is 12.5 Å². The minimum absolute atomic E-state index is 0.113. The number of hydrogen-bond donors (Lipinski definition) is 0. The summed E-state index contributed by atoms with van der Waals surface area (Å²) in [5, 5.41) is 4.42. The van der Waals surface area contributed by atoms with Crippen molar-refractivity contribution in [2.45, 2.75) is 26.4 Å². The Morgan fingerprint density at radius 1 is 1.28 bits per heavy atom. The van der Waals surface area contributed by atoms with Crippen LogP contribution in [0.4, 0.5) is 0 Å². The highest BCUT2D eigenvalue weighted by Crippen LogP contribution is 2.21. The van der Waals surface area contributed by atoms with Gasteiger partial charge in [0.05, 0.1) is 6.10 Å². The molecule has 0 spiro atoms. The first-order valence-corrected chi connectivity index (χ1v) is 6.18. The van der Waals surface area contributed by atoms with Crippen LogP contribution in [0.15, 0.2) is 24.3 Å². The molecule has 96 valence electrons. The van der Waals surface area contributed by atoms with Crippen LogP contribution in [0, 0.1) is 0 Å². The zero-order valence-corrected chi connectivity index (χ0v) is 11.3. The number of aryl methyl sites for hydroxylation is 2. The van der Waals surface area contributed by atoms with E-state index in [2.05, 4.69) is 29.1 Å². The minimum atomic E-state index is 0.113. The van der Waals surface area contributed by atoms with Crippen LogP contribution in [-0.2, 0) is 18.2 Å². The third-order valence-corrected chi connectivity index (χ3v) is 3.16. The molecule has 4 heteroatoms. The van der Waals surface area contributed by atoms with Crippen LogP contribution in [0.3, 0.4) is 0 Å². The Kier molecular flexibility index (Phi) is 3.77. The minimum Gasteiger partial charge on any atom is -0.377 e. The number of nitrogens with zero attached hydrogens (tertiary/aromatic N) is 3. The lowest BCUT2D eigenvalue weighted by molar-refractivity contribution is 0.119. The van der Waals surface area contributed by atoms with Crippen LogP contribution in [0.1, 0.15) is 31.3 Å². The molecule has 0 aliphatic carbocycles. The number of rotatable bonds is 4. The summed E-state index contributed by atoms with van der Waals surface area (Å²) in [7, 11) is 3.64. The van der Waals surface area contributed by atoms with Crippen molar-refractivity contribution < 1.29 is 4.74 Å². The fourth-order valence-electron chi connectivity index (χ4n) is 1.89. The van der Waals surface area contributed by atoms with E-state index in [1.165, 1.54) is 0 Å². The Balaban J connectivity index is 2.28. The molecule has 0 fully saturated rings. The second-order valence-electron chi connectivity index (χ2n) is 4.33. The van der Waals surface area contributed by atoms with E-state index >= 15 is 0 Å². The van der Waals surface area contributed by atoms with Crippen molar-refractivity contribution in [1.29, 1.82) is 0 Å². The molecular formula is C14H19N3O. The Morgan fingerprint density at radius 3 is 2.44 bits per heavy atom. The summed E-state index contributed by atoms with van der Waals surface area (Å²) in [6.07, 6.45) is 1.00. The van der Waals surface area contributed by atoms with Gasteiger partial charge in [0.15, 0.2) is 5.82 Å². The lowest BCUT2D eigenvalue weighted by Crippen LogP contribution is -1.96. The molecule has 1 aromatic carbocycles. The molecule has 0 aliphatic rings. The van der Waals surface area contributed by atoms with Crippen LogP contribution in [-0.4, -0.2) is 21.9 Å². The van der Waals surface area contributed by atoms with Gasteiger partial charge in [-0.1, -0.05) is 31.2 Å². The lowest BCUT2D eigenvalue weighted by Gasteiger charge is -2.09. The molecule has 1 unspecified atom stereocenters. The van der Waals surface area contributed by atoms with Crippen molar-refractivity contribution in [3.8, 4) is 11.4 Å². The molecular weight excluding hydrogens is 226 g/mol. The third kappa shape index (κ3) is 2.43. The van der Waals surface area contributed by atoms with Crippen LogP contribution >= 0.6 is 0 Å². The summed E-state index contributed by atoms with van der Waals surface area (Å²) in [5.74, 6) is 1.78. The molecule has 2 rings (SSSR count). The predicted octanol–water partition coefficient (Wildman–Crippen LogP) is 2.75. The van der Waals surface area contributed by atoms with Crippen molar-refractivity contribution >= 4 is 0 Å². The van der Waals surface area contributed by atoms with Crippen LogP contribution in [0.2, 0.25) is 0 Å². The highest BCUT2D eigenvalue weighted by atomic mass is 16.5. The van der Waals surface area contributed by atoms with E-state index in [4.69, 9.17) is 4.74 Å². The largest absolute Gasteiger partial charge is 0.377 e. The number of hydrogen-bond acceptors (Lipinski definition) is 3. The average Bonchev–Trinajstić information content (AvgIpc) is 2.79. The molecule has 18 heavy (non-hydrogen) atoms. The Hall–Kier alpha value is -1.68. The number of ether oxygens (including phenoxy) is 1. The predicted molar refractivity (Wildman–Crippen MR) is 71.2 cm³/mol. The van der Waals surface area contributed by atoms with Gasteiger partial charge in [-0.25, -0.2) is 4.98 Å². The molecule has 0 bridgehead atoms. The summed E-state index contributed by atoms with van der Waals surface area (Å²) in [4.78, 5) is 4.51. The van der Waals surface area contributed by atoms with Crippen molar-refractivity contribution in [2.24, 2.45) is 7.05 Å². The maximum Gasteiger partial charge on any atom is 0.181 e. The van der Waals surface area contributed by atoms with Gasteiger partial charge >= 0.3 is 0 Å². The molecule has 1 atom stereocenters. The maximum atomic E-state index is 5.29. The molecule has 0 amide bonds.